The molecule has 34 heavy (non-hydrogen) atoms. The standard InChI is InChI=1S/C22H18F6N2O4/c1-3-30-15-7-11(2)17(34-20(32)33)10-13(15)9-16(30)19(31)29-18(22(26,27)28)12-5-4-6-14(8-12)21(23,24)25/h4-10,18H,3H2,1-2H3,(H,29,31)(H,32,33). The molecule has 2 aromatic carbocycles. The van der Waals surface area contributed by atoms with E-state index < -0.39 is 41.6 Å². The second kappa shape index (κ2) is 8.92. The van der Waals surface area contributed by atoms with Crippen molar-refractivity contribution >= 4 is 23.0 Å². The van der Waals surface area contributed by atoms with Crippen molar-refractivity contribution in [3.8, 4) is 5.75 Å². The Balaban J connectivity index is 2.03. The molecule has 0 radical (unpaired) electrons. The van der Waals surface area contributed by atoms with E-state index in [-0.39, 0.29) is 18.0 Å². The molecule has 1 heterocycles. The zero-order chi connectivity index (χ0) is 25.4. The molecular formula is C22H18F6N2O4. The van der Waals surface area contributed by atoms with Gasteiger partial charge in [-0.3, -0.25) is 4.79 Å². The van der Waals surface area contributed by atoms with Gasteiger partial charge in [-0.25, -0.2) is 4.79 Å². The maximum atomic E-state index is 13.7. The maximum Gasteiger partial charge on any atom is 0.511 e. The first-order valence-corrected chi connectivity index (χ1v) is 9.81. The molecule has 0 aliphatic heterocycles. The molecule has 1 unspecified atom stereocenters. The summed E-state index contributed by atoms with van der Waals surface area (Å²) in [5, 5.41) is 11.0. The number of benzene rings is 2. The monoisotopic (exact) mass is 488 g/mol. The summed E-state index contributed by atoms with van der Waals surface area (Å²) in [6, 6.07) is 4.05. The van der Waals surface area contributed by atoms with Crippen LogP contribution in [0.3, 0.4) is 0 Å². The number of ether oxygens (including phenoxy) is 1. The van der Waals surface area contributed by atoms with Crippen LogP contribution in [0.5, 0.6) is 5.75 Å². The first-order valence-electron chi connectivity index (χ1n) is 9.81. The van der Waals surface area contributed by atoms with Gasteiger partial charge >= 0.3 is 18.5 Å². The fourth-order valence-electron chi connectivity index (χ4n) is 3.58. The van der Waals surface area contributed by atoms with Gasteiger partial charge in [0.2, 0.25) is 0 Å². The lowest BCUT2D eigenvalue weighted by Crippen LogP contribution is -2.39. The first-order chi connectivity index (χ1) is 15.7. The Morgan fingerprint density at radius 1 is 1.09 bits per heavy atom. The number of hydrogen-bond donors (Lipinski definition) is 2. The Labute approximate surface area is 188 Å². The van der Waals surface area contributed by atoms with Crippen molar-refractivity contribution in [1.29, 1.82) is 0 Å². The highest BCUT2D eigenvalue weighted by Gasteiger charge is 2.43. The highest BCUT2D eigenvalue weighted by molar-refractivity contribution is 5.99. The average molecular weight is 488 g/mol. The fourth-order valence-corrected chi connectivity index (χ4v) is 3.58. The number of aryl methyl sites for hydroxylation is 2. The molecule has 0 bridgehead atoms. The Hall–Kier alpha value is -3.70. The van der Waals surface area contributed by atoms with Crippen LogP contribution in [0.1, 0.15) is 40.1 Å². The number of halogens is 6. The van der Waals surface area contributed by atoms with E-state index in [9.17, 15) is 35.9 Å². The number of aromatic nitrogens is 1. The van der Waals surface area contributed by atoms with Gasteiger partial charge in [0, 0.05) is 17.4 Å². The highest BCUT2D eigenvalue weighted by atomic mass is 19.4. The number of carbonyl (C=O) groups is 2. The third-order valence-electron chi connectivity index (χ3n) is 5.09. The SMILES string of the molecule is CCn1c(C(=O)NC(c2cccc(C(F)(F)F)c2)C(F)(F)F)cc2cc(OC(=O)O)c(C)cc21. The Morgan fingerprint density at radius 3 is 2.32 bits per heavy atom. The summed E-state index contributed by atoms with van der Waals surface area (Å²) in [5.74, 6) is -1.19. The van der Waals surface area contributed by atoms with E-state index in [0.717, 1.165) is 12.1 Å². The van der Waals surface area contributed by atoms with Gasteiger partial charge in [0.25, 0.3) is 5.91 Å². The van der Waals surface area contributed by atoms with Crippen LogP contribution < -0.4 is 10.1 Å². The van der Waals surface area contributed by atoms with Crippen molar-refractivity contribution in [3.63, 3.8) is 0 Å². The summed E-state index contributed by atoms with van der Waals surface area (Å²) in [4.78, 5) is 23.7. The zero-order valence-electron chi connectivity index (χ0n) is 17.7. The normalized spacial score (nSPS) is 13.1. The average Bonchev–Trinajstić information content (AvgIpc) is 3.07. The molecule has 1 atom stereocenters. The molecule has 12 heteroatoms. The number of nitrogens with one attached hydrogen (secondary N) is 1. The Kier molecular flexibility index (Phi) is 6.54. The number of rotatable bonds is 5. The summed E-state index contributed by atoms with van der Waals surface area (Å²) < 4.78 is 86.3. The van der Waals surface area contributed by atoms with Crippen molar-refractivity contribution in [1.82, 2.24) is 9.88 Å². The van der Waals surface area contributed by atoms with E-state index in [2.05, 4.69) is 4.74 Å². The van der Waals surface area contributed by atoms with E-state index in [1.807, 2.05) is 0 Å². The molecule has 0 saturated heterocycles. The fraction of sp³-hybridized carbons (Fsp3) is 0.273. The topological polar surface area (TPSA) is 80.6 Å². The number of carboxylic acid groups (broad SMARTS) is 1. The van der Waals surface area contributed by atoms with E-state index in [1.165, 1.54) is 22.8 Å². The van der Waals surface area contributed by atoms with E-state index in [1.54, 1.807) is 19.2 Å². The molecule has 0 saturated carbocycles. The van der Waals surface area contributed by atoms with Crippen LogP contribution in [0.15, 0.2) is 42.5 Å². The van der Waals surface area contributed by atoms with Crippen LogP contribution in [-0.4, -0.2) is 27.9 Å². The van der Waals surface area contributed by atoms with E-state index >= 15 is 0 Å². The van der Waals surface area contributed by atoms with Crippen LogP contribution in [-0.2, 0) is 12.7 Å². The molecular weight excluding hydrogens is 470 g/mol. The molecule has 0 aliphatic carbocycles. The second-order valence-electron chi connectivity index (χ2n) is 7.39. The largest absolute Gasteiger partial charge is 0.511 e. The summed E-state index contributed by atoms with van der Waals surface area (Å²) in [7, 11) is 0. The Morgan fingerprint density at radius 2 is 1.76 bits per heavy atom. The van der Waals surface area contributed by atoms with E-state index in [0.29, 0.717) is 28.6 Å². The molecule has 2 N–H and O–H groups in total. The quantitative estimate of drug-likeness (QED) is 0.259. The highest BCUT2D eigenvalue weighted by Crippen LogP contribution is 2.37. The van der Waals surface area contributed by atoms with E-state index in [4.69, 9.17) is 5.11 Å². The summed E-state index contributed by atoms with van der Waals surface area (Å²) in [6.07, 6.45) is -11.5. The van der Waals surface area contributed by atoms with Crippen molar-refractivity contribution in [3.05, 3.63) is 64.8 Å². The smallest absolute Gasteiger partial charge is 0.449 e. The van der Waals surface area contributed by atoms with Crippen molar-refractivity contribution in [2.45, 2.75) is 38.8 Å². The molecule has 0 spiro atoms. The molecule has 182 valence electrons. The number of fused-ring (bicyclic) bond motifs is 1. The lowest BCUT2D eigenvalue weighted by atomic mass is 10.0. The molecule has 0 fully saturated rings. The molecule has 6 nitrogen and oxygen atoms in total. The molecule has 0 aliphatic rings. The number of hydrogen-bond acceptors (Lipinski definition) is 3. The van der Waals surface area contributed by atoms with Crippen LogP contribution >= 0.6 is 0 Å². The minimum atomic E-state index is -5.08. The third kappa shape index (κ3) is 5.10. The molecule has 1 aromatic heterocycles. The third-order valence-corrected chi connectivity index (χ3v) is 5.09. The number of alkyl halides is 6. The van der Waals surface area contributed by atoms with Crippen LogP contribution in [0.4, 0.5) is 31.1 Å². The molecule has 3 aromatic rings. The van der Waals surface area contributed by atoms with Crippen LogP contribution in [0.25, 0.3) is 10.9 Å². The van der Waals surface area contributed by atoms with Gasteiger partial charge in [-0.1, -0.05) is 12.1 Å². The zero-order valence-corrected chi connectivity index (χ0v) is 17.7. The number of carbonyl (C=O) groups excluding carboxylic acids is 1. The van der Waals surface area contributed by atoms with Crippen molar-refractivity contribution < 1.29 is 45.8 Å². The van der Waals surface area contributed by atoms with Crippen LogP contribution in [0, 0.1) is 6.92 Å². The first kappa shape index (κ1) is 24.9. The summed E-state index contributed by atoms with van der Waals surface area (Å²) >= 11 is 0. The van der Waals surface area contributed by atoms with Gasteiger partial charge in [0.15, 0.2) is 6.04 Å². The second-order valence-corrected chi connectivity index (χ2v) is 7.39. The van der Waals surface area contributed by atoms with Crippen molar-refractivity contribution in [2.24, 2.45) is 0 Å². The predicted molar refractivity (Wildman–Crippen MR) is 109 cm³/mol. The van der Waals surface area contributed by atoms with Crippen molar-refractivity contribution in [2.75, 3.05) is 0 Å². The molecule has 1 amide bonds. The van der Waals surface area contributed by atoms with Gasteiger partial charge in [-0.2, -0.15) is 26.3 Å². The minimum absolute atomic E-state index is 0.0163. The summed E-state index contributed by atoms with van der Waals surface area (Å²) in [5.41, 5.74) is -1.40. The number of amides is 1. The van der Waals surface area contributed by atoms with Gasteiger partial charge in [0.05, 0.1) is 5.56 Å². The summed E-state index contributed by atoms with van der Waals surface area (Å²) in [6.45, 7) is 3.37. The maximum absolute atomic E-state index is 13.7. The van der Waals surface area contributed by atoms with Gasteiger partial charge in [0.1, 0.15) is 11.4 Å². The van der Waals surface area contributed by atoms with Gasteiger partial charge in [-0.05, 0) is 55.3 Å². The minimum Gasteiger partial charge on any atom is -0.449 e. The predicted octanol–water partition coefficient (Wildman–Crippen LogP) is 6.08. The lowest BCUT2D eigenvalue weighted by molar-refractivity contribution is -0.156. The van der Waals surface area contributed by atoms with Crippen LogP contribution in [0.2, 0.25) is 0 Å². The molecule has 3 rings (SSSR count). The van der Waals surface area contributed by atoms with Gasteiger partial charge < -0.3 is 19.7 Å². The van der Waals surface area contributed by atoms with Gasteiger partial charge in [-0.15, -0.1) is 0 Å². The Bertz CT molecular complexity index is 1250. The number of nitrogens with zero attached hydrogens (tertiary/aromatic N) is 1. The lowest BCUT2D eigenvalue weighted by Gasteiger charge is -2.23.